The number of thiazole rings is 1. The number of rotatable bonds is 10. The standard InChI is InChI=1S/C27H27F3N4O3S2/c1-3-5-17-33(4-2)39(36,37)21-14-12-19(13-15-21)25(35)34(18-20-9-6-7-16-31-20)26-32-24-22(27(28,29)30)10-8-11-23(24)38-26/h6-16H,3-5,17-18H2,1-2H3. The van der Waals surface area contributed by atoms with Crippen LogP contribution in [-0.2, 0) is 22.7 Å². The normalized spacial score (nSPS) is 12.3. The summed E-state index contributed by atoms with van der Waals surface area (Å²) in [6.07, 6.45) is -1.48. The molecule has 1 amide bonds. The molecule has 2 aromatic carbocycles. The van der Waals surface area contributed by atoms with Crippen LogP contribution in [0.25, 0.3) is 10.2 Å². The Balaban J connectivity index is 1.71. The van der Waals surface area contributed by atoms with E-state index in [0.717, 1.165) is 30.2 Å². The van der Waals surface area contributed by atoms with Gasteiger partial charge in [0.2, 0.25) is 10.0 Å². The van der Waals surface area contributed by atoms with Crippen LogP contribution < -0.4 is 4.90 Å². The van der Waals surface area contributed by atoms with Gasteiger partial charge in [0.25, 0.3) is 5.91 Å². The summed E-state index contributed by atoms with van der Waals surface area (Å²) in [5.74, 6) is -0.546. The third-order valence-corrected chi connectivity index (χ3v) is 9.12. The number of amides is 1. The van der Waals surface area contributed by atoms with Gasteiger partial charge in [-0.25, -0.2) is 13.4 Å². The number of unbranched alkanes of at least 4 members (excludes halogenated alkanes) is 1. The van der Waals surface area contributed by atoms with Gasteiger partial charge >= 0.3 is 6.18 Å². The Morgan fingerprint density at radius 2 is 1.74 bits per heavy atom. The van der Waals surface area contributed by atoms with Crippen LogP contribution in [0.5, 0.6) is 0 Å². The Morgan fingerprint density at radius 3 is 2.36 bits per heavy atom. The van der Waals surface area contributed by atoms with Crippen LogP contribution in [0.15, 0.2) is 71.8 Å². The van der Waals surface area contributed by atoms with E-state index in [1.807, 2.05) is 6.92 Å². The summed E-state index contributed by atoms with van der Waals surface area (Å²) in [6, 6.07) is 14.5. The number of alkyl halides is 3. The molecule has 0 saturated heterocycles. The largest absolute Gasteiger partial charge is 0.418 e. The number of para-hydroxylation sites is 1. The number of carbonyl (C=O) groups excluding carboxylic acids is 1. The predicted octanol–water partition coefficient (Wildman–Crippen LogP) is 6.37. The number of anilines is 1. The van der Waals surface area contributed by atoms with Crippen molar-refractivity contribution in [2.24, 2.45) is 0 Å². The number of aromatic nitrogens is 2. The lowest BCUT2D eigenvalue weighted by Gasteiger charge is -2.21. The van der Waals surface area contributed by atoms with Gasteiger partial charge in [0, 0.05) is 24.8 Å². The van der Waals surface area contributed by atoms with E-state index < -0.39 is 27.7 Å². The number of sulfonamides is 1. The Bertz CT molecular complexity index is 1540. The smallest absolute Gasteiger partial charge is 0.278 e. The van der Waals surface area contributed by atoms with E-state index in [0.29, 0.717) is 18.8 Å². The maximum atomic E-state index is 13.7. The lowest BCUT2D eigenvalue weighted by Crippen LogP contribution is -2.32. The van der Waals surface area contributed by atoms with E-state index in [-0.39, 0.29) is 32.4 Å². The molecule has 0 spiro atoms. The fourth-order valence-corrected chi connectivity index (χ4v) is 6.50. The van der Waals surface area contributed by atoms with Gasteiger partial charge in [-0.05, 0) is 55.0 Å². The summed E-state index contributed by atoms with van der Waals surface area (Å²) in [4.78, 5) is 23.5. The van der Waals surface area contributed by atoms with Crippen LogP contribution in [0.4, 0.5) is 18.3 Å². The lowest BCUT2D eigenvalue weighted by molar-refractivity contribution is -0.136. The number of carbonyl (C=O) groups is 1. The molecule has 0 unspecified atom stereocenters. The van der Waals surface area contributed by atoms with Crippen LogP contribution >= 0.6 is 11.3 Å². The third kappa shape index (κ3) is 6.29. The molecule has 4 aromatic rings. The second kappa shape index (κ2) is 11.8. The van der Waals surface area contributed by atoms with E-state index in [1.54, 1.807) is 31.3 Å². The highest BCUT2D eigenvalue weighted by Crippen LogP contribution is 2.39. The van der Waals surface area contributed by atoms with Crippen LogP contribution in [0.1, 0.15) is 48.3 Å². The molecule has 7 nitrogen and oxygen atoms in total. The van der Waals surface area contributed by atoms with Gasteiger partial charge in [-0.1, -0.05) is 43.7 Å². The SMILES string of the molecule is CCCCN(CC)S(=O)(=O)c1ccc(C(=O)N(Cc2ccccn2)c2nc3c(C(F)(F)F)cccc3s2)cc1. The molecule has 0 N–H and O–H groups in total. The molecule has 0 radical (unpaired) electrons. The lowest BCUT2D eigenvalue weighted by atomic mass is 10.2. The molecule has 12 heteroatoms. The number of nitrogens with zero attached hydrogens (tertiary/aromatic N) is 4. The highest BCUT2D eigenvalue weighted by atomic mass is 32.2. The van der Waals surface area contributed by atoms with Crippen LogP contribution in [-0.4, -0.2) is 41.7 Å². The second-order valence-electron chi connectivity index (χ2n) is 8.73. The number of hydrogen-bond donors (Lipinski definition) is 0. The van der Waals surface area contributed by atoms with Crippen molar-refractivity contribution >= 4 is 42.6 Å². The fourth-order valence-electron chi connectivity index (χ4n) is 4.02. The van der Waals surface area contributed by atoms with E-state index >= 15 is 0 Å². The number of fused-ring (bicyclic) bond motifs is 1. The highest BCUT2D eigenvalue weighted by molar-refractivity contribution is 7.89. The Labute approximate surface area is 229 Å². The van der Waals surface area contributed by atoms with Gasteiger partial charge in [-0.15, -0.1) is 0 Å². The zero-order chi connectivity index (χ0) is 28.2. The quantitative estimate of drug-likeness (QED) is 0.219. The minimum atomic E-state index is -4.61. The molecule has 39 heavy (non-hydrogen) atoms. The molecule has 0 bridgehead atoms. The minimum absolute atomic E-state index is 0.0402. The first-order valence-corrected chi connectivity index (χ1v) is 14.6. The monoisotopic (exact) mass is 576 g/mol. The van der Waals surface area contributed by atoms with Crippen molar-refractivity contribution < 1.29 is 26.4 Å². The molecule has 4 rings (SSSR count). The Morgan fingerprint density at radius 1 is 1.00 bits per heavy atom. The topological polar surface area (TPSA) is 83.5 Å². The van der Waals surface area contributed by atoms with Crippen molar-refractivity contribution in [1.29, 1.82) is 0 Å². The summed E-state index contributed by atoms with van der Waals surface area (Å²) >= 11 is 0.963. The predicted molar refractivity (Wildman–Crippen MR) is 145 cm³/mol. The maximum absolute atomic E-state index is 13.7. The molecular formula is C27H27F3N4O3S2. The molecule has 0 saturated carbocycles. The van der Waals surface area contributed by atoms with Gasteiger partial charge in [0.15, 0.2) is 5.13 Å². The molecule has 0 aliphatic heterocycles. The van der Waals surface area contributed by atoms with Gasteiger partial charge in [-0.2, -0.15) is 17.5 Å². The van der Waals surface area contributed by atoms with E-state index in [1.165, 1.54) is 45.6 Å². The molecule has 0 fully saturated rings. The Hall–Kier alpha value is -3.35. The molecular weight excluding hydrogens is 549 g/mol. The fraction of sp³-hybridized carbons (Fsp3) is 0.296. The summed E-state index contributed by atoms with van der Waals surface area (Å²) in [6.45, 7) is 4.42. The van der Waals surface area contributed by atoms with Crippen molar-refractivity contribution in [2.75, 3.05) is 18.0 Å². The zero-order valence-corrected chi connectivity index (χ0v) is 23.0. The zero-order valence-electron chi connectivity index (χ0n) is 21.4. The second-order valence-corrected chi connectivity index (χ2v) is 11.7. The molecule has 206 valence electrons. The van der Waals surface area contributed by atoms with Crippen LogP contribution in [0, 0.1) is 0 Å². The minimum Gasteiger partial charge on any atom is -0.278 e. The summed E-state index contributed by atoms with van der Waals surface area (Å²) in [5, 5.41) is 0.0748. The van der Waals surface area contributed by atoms with Crippen LogP contribution in [0.3, 0.4) is 0 Å². The van der Waals surface area contributed by atoms with Gasteiger partial charge in [0.05, 0.1) is 32.9 Å². The first-order chi connectivity index (χ1) is 18.6. The van der Waals surface area contributed by atoms with Crippen molar-refractivity contribution in [3.63, 3.8) is 0 Å². The van der Waals surface area contributed by atoms with Crippen molar-refractivity contribution in [2.45, 2.75) is 44.3 Å². The van der Waals surface area contributed by atoms with Gasteiger partial charge in [0.1, 0.15) is 0 Å². The molecule has 0 aliphatic carbocycles. The Kier molecular flexibility index (Phi) is 8.67. The summed E-state index contributed by atoms with van der Waals surface area (Å²) in [7, 11) is -3.74. The van der Waals surface area contributed by atoms with Crippen LogP contribution in [0.2, 0.25) is 0 Å². The van der Waals surface area contributed by atoms with E-state index in [4.69, 9.17) is 0 Å². The molecule has 0 atom stereocenters. The van der Waals surface area contributed by atoms with Crippen molar-refractivity contribution in [3.8, 4) is 0 Å². The van der Waals surface area contributed by atoms with E-state index in [9.17, 15) is 26.4 Å². The first-order valence-electron chi connectivity index (χ1n) is 12.3. The summed E-state index contributed by atoms with van der Waals surface area (Å²) < 4.78 is 68.7. The number of benzene rings is 2. The maximum Gasteiger partial charge on any atom is 0.418 e. The van der Waals surface area contributed by atoms with Gasteiger partial charge in [-0.3, -0.25) is 14.7 Å². The number of halogens is 3. The number of hydrogen-bond acceptors (Lipinski definition) is 6. The molecule has 2 heterocycles. The van der Waals surface area contributed by atoms with Gasteiger partial charge < -0.3 is 0 Å². The number of pyridine rings is 1. The van der Waals surface area contributed by atoms with Crippen molar-refractivity contribution in [3.05, 3.63) is 83.7 Å². The third-order valence-electron chi connectivity index (χ3n) is 6.09. The highest BCUT2D eigenvalue weighted by Gasteiger charge is 2.34. The first kappa shape index (κ1) is 28.7. The van der Waals surface area contributed by atoms with Crippen molar-refractivity contribution in [1.82, 2.24) is 14.3 Å². The molecule has 0 aliphatic rings. The average molecular weight is 577 g/mol. The average Bonchev–Trinajstić information content (AvgIpc) is 3.36. The van der Waals surface area contributed by atoms with E-state index in [2.05, 4.69) is 9.97 Å². The summed E-state index contributed by atoms with van der Waals surface area (Å²) in [5.41, 5.74) is -0.450. The molecule has 2 aromatic heterocycles.